The summed E-state index contributed by atoms with van der Waals surface area (Å²) >= 11 is 0. The van der Waals surface area contributed by atoms with E-state index in [1.165, 1.54) is 19.8 Å². The van der Waals surface area contributed by atoms with Gasteiger partial charge in [0, 0.05) is 17.8 Å². The molecule has 0 amide bonds. The lowest BCUT2D eigenvalue weighted by Gasteiger charge is -2.07. The van der Waals surface area contributed by atoms with Crippen molar-refractivity contribution in [3.63, 3.8) is 0 Å². The zero-order chi connectivity index (χ0) is 14.2. The van der Waals surface area contributed by atoms with Crippen LogP contribution in [-0.2, 0) is 10.0 Å². The number of aromatic nitrogens is 1. The number of sulfonamides is 1. The van der Waals surface area contributed by atoms with Gasteiger partial charge in [0.1, 0.15) is 10.6 Å². The summed E-state index contributed by atoms with van der Waals surface area (Å²) in [6.45, 7) is 3.47. The highest BCUT2D eigenvalue weighted by Gasteiger charge is 2.27. The van der Waals surface area contributed by atoms with E-state index in [2.05, 4.69) is 9.71 Å². The van der Waals surface area contributed by atoms with E-state index in [0.29, 0.717) is 18.2 Å². The lowest BCUT2D eigenvalue weighted by molar-refractivity contribution is 0.0690. The molecule has 0 saturated heterocycles. The standard InChI is InChI=1S/C12H18N2O4S/c1-7-10(12(15)16)14-8(2)11(7)19(17,18)13-6-5-9-3-4-9/h9,13-14H,3-6H2,1-2H3,(H,15,16). The molecule has 0 aromatic carbocycles. The Morgan fingerprint density at radius 3 is 2.53 bits per heavy atom. The van der Waals surface area contributed by atoms with Crippen LogP contribution in [0.4, 0.5) is 0 Å². The van der Waals surface area contributed by atoms with Gasteiger partial charge in [0.2, 0.25) is 10.0 Å². The SMILES string of the molecule is Cc1[nH]c(C(=O)O)c(C)c1S(=O)(=O)NCCC1CC1. The quantitative estimate of drug-likeness (QED) is 0.736. The lowest BCUT2D eigenvalue weighted by atomic mass is 10.2. The molecule has 0 spiro atoms. The molecule has 2 rings (SSSR count). The third-order valence-electron chi connectivity index (χ3n) is 3.39. The number of H-pyrrole nitrogens is 1. The van der Waals surface area contributed by atoms with Gasteiger partial charge in [0.25, 0.3) is 0 Å². The number of aryl methyl sites for hydroxylation is 1. The van der Waals surface area contributed by atoms with Crippen LogP contribution in [0.5, 0.6) is 0 Å². The average Bonchev–Trinajstić information content (AvgIpc) is 3.03. The third-order valence-corrected chi connectivity index (χ3v) is 5.13. The summed E-state index contributed by atoms with van der Waals surface area (Å²) < 4.78 is 26.9. The van der Waals surface area contributed by atoms with Gasteiger partial charge in [-0.25, -0.2) is 17.9 Å². The summed E-state index contributed by atoms with van der Waals surface area (Å²) in [5.41, 5.74) is 0.540. The van der Waals surface area contributed by atoms with Crippen molar-refractivity contribution in [3.05, 3.63) is 17.0 Å². The first-order chi connectivity index (χ1) is 8.83. The average molecular weight is 286 g/mol. The second-order valence-electron chi connectivity index (χ2n) is 5.01. The molecule has 1 aliphatic carbocycles. The second-order valence-corrected chi connectivity index (χ2v) is 6.72. The zero-order valence-electron chi connectivity index (χ0n) is 11.0. The number of rotatable bonds is 6. The smallest absolute Gasteiger partial charge is 0.352 e. The van der Waals surface area contributed by atoms with Gasteiger partial charge in [-0.2, -0.15) is 0 Å². The molecule has 0 atom stereocenters. The normalized spacial score (nSPS) is 15.7. The molecule has 0 bridgehead atoms. The second kappa shape index (κ2) is 4.97. The predicted octanol–water partition coefficient (Wildman–Crippen LogP) is 1.41. The maximum atomic E-state index is 12.2. The number of carbonyl (C=O) groups is 1. The number of hydrogen-bond acceptors (Lipinski definition) is 3. The molecule has 0 radical (unpaired) electrons. The maximum absolute atomic E-state index is 12.2. The molecule has 106 valence electrons. The Kier molecular flexibility index (Phi) is 3.69. The highest BCUT2D eigenvalue weighted by Crippen LogP contribution is 2.32. The first-order valence-corrected chi connectivity index (χ1v) is 7.73. The fourth-order valence-electron chi connectivity index (χ4n) is 2.23. The van der Waals surface area contributed by atoms with E-state index in [1.54, 1.807) is 6.92 Å². The summed E-state index contributed by atoms with van der Waals surface area (Å²) in [6, 6.07) is 0. The van der Waals surface area contributed by atoms with E-state index in [9.17, 15) is 13.2 Å². The van der Waals surface area contributed by atoms with Gasteiger partial charge in [0.05, 0.1) is 0 Å². The Morgan fingerprint density at radius 2 is 2.05 bits per heavy atom. The van der Waals surface area contributed by atoms with E-state index >= 15 is 0 Å². The van der Waals surface area contributed by atoms with Crippen LogP contribution < -0.4 is 4.72 Å². The minimum atomic E-state index is -3.65. The van der Waals surface area contributed by atoms with Crippen molar-refractivity contribution in [1.29, 1.82) is 0 Å². The first kappa shape index (κ1) is 14.1. The summed E-state index contributed by atoms with van der Waals surface area (Å²) in [4.78, 5) is 13.6. The molecular weight excluding hydrogens is 268 g/mol. The molecule has 19 heavy (non-hydrogen) atoms. The molecule has 7 heteroatoms. The number of aromatic carboxylic acids is 1. The van der Waals surface area contributed by atoms with Crippen LogP contribution in [0, 0.1) is 19.8 Å². The van der Waals surface area contributed by atoms with Crippen LogP contribution in [0.2, 0.25) is 0 Å². The van der Waals surface area contributed by atoms with Crippen molar-refractivity contribution in [3.8, 4) is 0 Å². The van der Waals surface area contributed by atoms with E-state index in [0.717, 1.165) is 6.42 Å². The van der Waals surface area contributed by atoms with Crippen LogP contribution in [-0.4, -0.2) is 31.0 Å². The molecule has 1 saturated carbocycles. The minimum Gasteiger partial charge on any atom is -0.477 e. The molecule has 0 unspecified atom stereocenters. The third kappa shape index (κ3) is 2.98. The minimum absolute atomic E-state index is 0.0562. The lowest BCUT2D eigenvalue weighted by Crippen LogP contribution is -2.26. The molecule has 1 heterocycles. The van der Waals surface area contributed by atoms with Crippen molar-refractivity contribution in [2.45, 2.75) is 38.0 Å². The van der Waals surface area contributed by atoms with Gasteiger partial charge >= 0.3 is 5.97 Å². The van der Waals surface area contributed by atoms with Gasteiger partial charge in [-0.15, -0.1) is 0 Å². The van der Waals surface area contributed by atoms with Crippen molar-refractivity contribution in [2.24, 2.45) is 5.92 Å². The van der Waals surface area contributed by atoms with Crippen LogP contribution in [0.3, 0.4) is 0 Å². The molecule has 1 aromatic rings. The van der Waals surface area contributed by atoms with Crippen molar-refractivity contribution in [2.75, 3.05) is 6.54 Å². The highest BCUT2D eigenvalue weighted by molar-refractivity contribution is 7.89. The predicted molar refractivity (Wildman–Crippen MR) is 69.8 cm³/mol. The van der Waals surface area contributed by atoms with Crippen LogP contribution in [0.25, 0.3) is 0 Å². The van der Waals surface area contributed by atoms with Gasteiger partial charge in [-0.05, 0) is 26.2 Å². The van der Waals surface area contributed by atoms with Crippen molar-refractivity contribution >= 4 is 16.0 Å². The van der Waals surface area contributed by atoms with Crippen molar-refractivity contribution < 1.29 is 18.3 Å². The summed E-state index contributed by atoms with van der Waals surface area (Å²) in [5.74, 6) is -0.509. The van der Waals surface area contributed by atoms with Crippen LogP contribution in [0.1, 0.15) is 41.0 Å². The topological polar surface area (TPSA) is 99.3 Å². The van der Waals surface area contributed by atoms with Gasteiger partial charge < -0.3 is 10.1 Å². The molecular formula is C12H18N2O4S. The zero-order valence-corrected chi connectivity index (χ0v) is 11.8. The molecule has 1 aromatic heterocycles. The first-order valence-electron chi connectivity index (χ1n) is 6.25. The Hall–Kier alpha value is -1.34. The fraction of sp³-hybridized carbons (Fsp3) is 0.583. The number of nitrogens with one attached hydrogen (secondary N) is 2. The van der Waals surface area contributed by atoms with Gasteiger partial charge in [-0.1, -0.05) is 12.8 Å². The van der Waals surface area contributed by atoms with E-state index in [1.807, 2.05) is 0 Å². The summed E-state index contributed by atoms with van der Waals surface area (Å²) in [5, 5.41) is 8.98. The largest absolute Gasteiger partial charge is 0.477 e. The number of carboxylic acids is 1. The maximum Gasteiger partial charge on any atom is 0.352 e. The Labute approximate surface area is 112 Å². The fourth-order valence-corrected chi connectivity index (χ4v) is 3.72. The number of carboxylic acid groups (broad SMARTS) is 1. The Balaban J connectivity index is 2.21. The number of aromatic amines is 1. The van der Waals surface area contributed by atoms with E-state index < -0.39 is 16.0 Å². The summed E-state index contributed by atoms with van der Waals surface area (Å²) in [6.07, 6.45) is 3.19. The monoisotopic (exact) mass is 286 g/mol. The van der Waals surface area contributed by atoms with Crippen LogP contribution in [0.15, 0.2) is 4.90 Å². The Morgan fingerprint density at radius 1 is 1.42 bits per heavy atom. The van der Waals surface area contributed by atoms with Gasteiger partial charge in [-0.3, -0.25) is 0 Å². The van der Waals surface area contributed by atoms with Crippen molar-refractivity contribution in [1.82, 2.24) is 9.71 Å². The van der Waals surface area contributed by atoms with Gasteiger partial charge in [0.15, 0.2) is 0 Å². The Bertz CT molecular complexity index is 599. The highest BCUT2D eigenvalue weighted by atomic mass is 32.2. The molecule has 0 aliphatic heterocycles. The van der Waals surface area contributed by atoms with E-state index in [4.69, 9.17) is 5.11 Å². The van der Waals surface area contributed by atoms with E-state index in [-0.39, 0.29) is 16.2 Å². The molecule has 1 aliphatic rings. The molecule has 1 fully saturated rings. The number of hydrogen-bond donors (Lipinski definition) is 3. The summed E-state index contributed by atoms with van der Waals surface area (Å²) in [7, 11) is -3.65. The van der Waals surface area contributed by atoms with Crippen LogP contribution >= 0.6 is 0 Å². The molecule has 3 N–H and O–H groups in total. The molecule has 6 nitrogen and oxygen atoms in total.